The number of rotatable bonds is 5. The maximum atomic E-state index is 12.5. The third-order valence-electron chi connectivity index (χ3n) is 4.59. The van der Waals surface area contributed by atoms with Crippen molar-refractivity contribution in [2.45, 2.75) is 27.7 Å². The average Bonchev–Trinajstić information content (AvgIpc) is 2.74. The lowest BCUT2D eigenvalue weighted by Crippen LogP contribution is -2.38. The number of hydrogen-bond acceptors (Lipinski definition) is 5. The number of ether oxygens (including phenoxy) is 1. The minimum atomic E-state index is -0.377. The number of hydrazone groups is 1. The smallest absolute Gasteiger partial charge is 0.338 e. The van der Waals surface area contributed by atoms with Gasteiger partial charge in [0.2, 0.25) is 0 Å². The minimum absolute atomic E-state index is 0.236. The summed E-state index contributed by atoms with van der Waals surface area (Å²) >= 11 is 0. The number of hydrogen-bond donors (Lipinski definition) is 2. The Kier molecular flexibility index (Phi) is 6.74. The second-order valence-corrected chi connectivity index (χ2v) is 8.18. The summed E-state index contributed by atoms with van der Waals surface area (Å²) in [5.74, 6) is -0.377. The fourth-order valence-electron chi connectivity index (χ4n) is 2.99. The number of anilines is 2. The molecule has 31 heavy (non-hydrogen) atoms. The standard InChI is InChI=1S/C24H28N4O3/c1-5-31-22(29)17-10-9-13-20(14-17)28-16-19(15-21(27-28)24(2,3)4)26-23(30)25-18-11-7-6-8-12-18/h6-15H,5,16H2,1-4H3,(H2,25,26,30). The molecule has 0 saturated heterocycles. The number of benzene rings is 2. The van der Waals surface area contributed by atoms with Gasteiger partial charge in [0, 0.05) is 16.8 Å². The molecule has 2 amide bonds. The van der Waals surface area contributed by atoms with Gasteiger partial charge in [-0.2, -0.15) is 5.10 Å². The van der Waals surface area contributed by atoms with Gasteiger partial charge in [0.15, 0.2) is 0 Å². The van der Waals surface area contributed by atoms with Crippen LogP contribution in [0.25, 0.3) is 0 Å². The van der Waals surface area contributed by atoms with Crippen molar-refractivity contribution in [2.24, 2.45) is 10.5 Å². The Morgan fingerprint density at radius 3 is 2.48 bits per heavy atom. The van der Waals surface area contributed by atoms with E-state index in [0.717, 1.165) is 11.4 Å². The fraction of sp³-hybridized carbons (Fsp3) is 0.292. The molecule has 2 aromatic rings. The average molecular weight is 421 g/mol. The highest BCUT2D eigenvalue weighted by atomic mass is 16.5. The molecule has 1 heterocycles. The van der Waals surface area contributed by atoms with Crippen molar-refractivity contribution >= 4 is 29.1 Å². The van der Waals surface area contributed by atoms with Gasteiger partial charge >= 0.3 is 12.0 Å². The maximum Gasteiger partial charge on any atom is 0.338 e. The van der Waals surface area contributed by atoms with E-state index in [1.165, 1.54) is 0 Å². The van der Waals surface area contributed by atoms with Crippen LogP contribution < -0.4 is 15.6 Å². The Bertz CT molecular complexity index is 1010. The SMILES string of the molecule is CCOC(=O)c1cccc(N2CC(NC(=O)Nc3ccccc3)=CC(C(C)(C)C)=N2)c1. The summed E-state index contributed by atoms with van der Waals surface area (Å²) in [5, 5.41) is 12.3. The highest BCUT2D eigenvalue weighted by Crippen LogP contribution is 2.26. The molecule has 0 saturated carbocycles. The van der Waals surface area contributed by atoms with Crippen molar-refractivity contribution in [1.82, 2.24) is 5.32 Å². The molecule has 0 radical (unpaired) electrons. The van der Waals surface area contributed by atoms with Crippen molar-refractivity contribution in [2.75, 3.05) is 23.5 Å². The molecule has 0 bridgehead atoms. The number of para-hydroxylation sites is 1. The Balaban J connectivity index is 1.82. The molecule has 7 nitrogen and oxygen atoms in total. The molecule has 0 unspecified atom stereocenters. The van der Waals surface area contributed by atoms with Crippen molar-refractivity contribution in [1.29, 1.82) is 0 Å². The third kappa shape index (κ3) is 5.94. The quantitative estimate of drug-likeness (QED) is 0.681. The first-order chi connectivity index (χ1) is 14.8. The normalized spacial score (nSPS) is 13.7. The zero-order chi connectivity index (χ0) is 22.4. The second kappa shape index (κ2) is 9.47. The Labute approximate surface area is 182 Å². The highest BCUT2D eigenvalue weighted by molar-refractivity contribution is 6.02. The summed E-state index contributed by atoms with van der Waals surface area (Å²) in [6, 6.07) is 16.1. The van der Waals surface area contributed by atoms with Gasteiger partial charge in [0.05, 0.1) is 30.1 Å². The summed E-state index contributed by atoms with van der Waals surface area (Å²) in [4.78, 5) is 24.6. The monoisotopic (exact) mass is 420 g/mol. The third-order valence-corrected chi connectivity index (χ3v) is 4.59. The first kappa shape index (κ1) is 22.1. The van der Waals surface area contributed by atoms with E-state index in [1.54, 1.807) is 30.1 Å². The van der Waals surface area contributed by atoms with Crippen molar-refractivity contribution in [3.05, 3.63) is 71.9 Å². The van der Waals surface area contributed by atoms with Crippen LogP contribution in [0, 0.1) is 5.41 Å². The van der Waals surface area contributed by atoms with Gasteiger partial charge in [-0.15, -0.1) is 0 Å². The molecule has 7 heteroatoms. The molecule has 162 valence electrons. The molecule has 2 N–H and O–H groups in total. The summed E-state index contributed by atoms with van der Waals surface area (Å²) in [6.07, 6.45) is 1.90. The van der Waals surface area contributed by atoms with Crippen LogP contribution in [-0.2, 0) is 4.74 Å². The largest absolute Gasteiger partial charge is 0.462 e. The van der Waals surface area contributed by atoms with Crippen LogP contribution in [0.3, 0.4) is 0 Å². The molecule has 0 fully saturated rings. The van der Waals surface area contributed by atoms with Crippen LogP contribution in [0.5, 0.6) is 0 Å². The van der Waals surface area contributed by atoms with Crippen LogP contribution in [0.1, 0.15) is 38.1 Å². The summed E-state index contributed by atoms with van der Waals surface area (Å²) in [7, 11) is 0. The first-order valence-electron chi connectivity index (χ1n) is 10.2. The molecule has 1 aliphatic rings. The molecule has 2 aromatic carbocycles. The lowest BCUT2D eigenvalue weighted by molar-refractivity contribution is 0.0526. The van der Waals surface area contributed by atoms with Gasteiger partial charge in [-0.05, 0) is 43.3 Å². The predicted octanol–water partition coefficient (Wildman–Crippen LogP) is 4.79. The van der Waals surface area contributed by atoms with Crippen LogP contribution in [0.15, 0.2) is 71.5 Å². The number of nitrogens with zero attached hydrogens (tertiary/aromatic N) is 2. The van der Waals surface area contributed by atoms with Gasteiger partial charge < -0.3 is 15.4 Å². The summed E-state index contributed by atoms with van der Waals surface area (Å²) < 4.78 is 5.11. The molecular formula is C24H28N4O3. The van der Waals surface area contributed by atoms with Crippen LogP contribution in [0.4, 0.5) is 16.2 Å². The van der Waals surface area contributed by atoms with E-state index in [9.17, 15) is 9.59 Å². The van der Waals surface area contributed by atoms with Crippen molar-refractivity contribution in [3.8, 4) is 0 Å². The number of nitrogens with one attached hydrogen (secondary N) is 2. The van der Waals surface area contributed by atoms with E-state index in [1.807, 2.05) is 42.5 Å². The molecule has 1 aliphatic heterocycles. The number of allylic oxidation sites excluding steroid dienone is 1. The predicted molar refractivity (Wildman–Crippen MR) is 123 cm³/mol. The van der Waals surface area contributed by atoms with Gasteiger partial charge in [-0.1, -0.05) is 45.0 Å². The Morgan fingerprint density at radius 1 is 1.06 bits per heavy atom. The van der Waals surface area contributed by atoms with Crippen molar-refractivity contribution < 1.29 is 14.3 Å². The van der Waals surface area contributed by atoms with Crippen LogP contribution >= 0.6 is 0 Å². The molecular weight excluding hydrogens is 392 g/mol. The van der Waals surface area contributed by atoms with Crippen molar-refractivity contribution in [3.63, 3.8) is 0 Å². The van der Waals surface area contributed by atoms with E-state index in [0.29, 0.717) is 30.1 Å². The van der Waals surface area contributed by atoms with Gasteiger partial charge in [-0.25, -0.2) is 9.59 Å². The lowest BCUT2D eigenvalue weighted by atomic mass is 9.89. The molecule has 0 aromatic heterocycles. The summed E-state index contributed by atoms with van der Waals surface area (Å²) in [5.41, 5.74) is 3.19. The first-order valence-corrected chi connectivity index (χ1v) is 10.2. The van der Waals surface area contributed by atoms with E-state index < -0.39 is 0 Å². The van der Waals surface area contributed by atoms with Gasteiger partial charge in [0.25, 0.3) is 0 Å². The van der Waals surface area contributed by atoms with Crippen LogP contribution in [-0.4, -0.2) is 30.9 Å². The molecule has 0 spiro atoms. The van der Waals surface area contributed by atoms with E-state index in [4.69, 9.17) is 9.84 Å². The van der Waals surface area contributed by atoms with Gasteiger partial charge in [0.1, 0.15) is 0 Å². The minimum Gasteiger partial charge on any atom is -0.462 e. The number of esters is 1. The maximum absolute atomic E-state index is 12.5. The number of carbonyl (C=O) groups excluding carboxylic acids is 2. The zero-order valence-corrected chi connectivity index (χ0v) is 18.3. The zero-order valence-electron chi connectivity index (χ0n) is 18.3. The fourth-order valence-corrected chi connectivity index (χ4v) is 2.99. The summed E-state index contributed by atoms with van der Waals surface area (Å²) in [6.45, 7) is 8.61. The lowest BCUT2D eigenvalue weighted by Gasteiger charge is -2.30. The van der Waals surface area contributed by atoms with E-state index in [2.05, 4.69) is 31.4 Å². The Morgan fingerprint density at radius 2 is 1.81 bits per heavy atom. The topological polar surface area (TPSA) is 83.0 Å². The van der Waals surface area contributed by atoms with E-state index >= 15 is 0 Å². The number of amides is 2. The van der Waals surface area contributed by atoms with E-state index in [-0.39, 0.29) is 17.4 Å². The Hall–Kier alpha value is -3.61. The van der Waals surface area contributed by atoms with Crippen LogP contribution in [0.2, 0.25) is 0 Å². The molecule has 0 atom stereocenters. The number of carbonyl (C=O) groups is 2. The number of urea groups is 1. The highest BCUT2D eigenvalue weighted by Gasteiger charge is 2.25. The second-order valence-electron chi connectivity index (χ2n) is 8.18. The molecule has 3 rings (SSSR count). The van der Waals surface area contributed by atoms with Gasteiger partial charge in [-0.3, -0.25) is 5.01 Å². The molecule has 0 aliphatic carbocycles.